The molecule has 0 bridgehead atoms. The van der Waals surface area contributed by atoms with Gasteiger partial charge in [-0.2, -0.15) is 13.2 Å². The van der Waals surface area contributed by atoms with Gasteiger partial charge in [-0.3, -0.25) is 9.78 Å². The summed E-state index contributed by atoms with van der Waals surface area (Å²) in [4.78, 5) is 19.2. The number of aromatic nitrogens is 2. The van der Waals surface area contributed by atoms with E-state index >= 15 is 0 Å². The van der Waals surface area contributed by atoms with E-state index in [0.29, 0.717) is 0 Å². The lowest BCUT2D eigenvalue weighted by Gasteiger charge is -2.13. The van der Waals surface area contributed by atoms with E-state index in [-0.39, 0.29) is 16.5 Å². The molecule has 0 radical (unpaired) electrons. The molecule has 9 heteroatoms. The van der Waals surface area contributed by atoms with E-state index in [9.17, 15) is 18.0 Å². The van der Waals surface area contributed by atoms with E-state index in [1.165, 1.54) is 12.3 Å². The van der Waals surface area contributed by atoms with E-state index in [0.717, 1.165) is 18.3 Å². The monoisotopic (exact) mass is 316 g/mol. The Hall–Kier alpha value is -2.35. The number of rotatable bonds is 2. The van der Waals surface area contributed by atoms with Crippen LogP contribution in [0.3, 0.4) is 0 Å². The van der Waals surface area contributed by atoms with E-state index in [1.807, 2.05) is 0 Å². The predicted octanol–water partition coefficient (Wildman–Crippen LogP) is 2.98. The standard InChI is InChI=1S/C12H8ClF3N4O/c13-6-1-2-8(7(3-6)12(14,15)16)20-11(21)9-4-18-5-10(17)19-9/h1-5H,(H2,17,19)(H,20,21). The van der Waals surface area contributed by atoms with Crippen LogP contribution in [0.15, 0.2) is 30.6 Å². The van der Waals surface area contributed by atoms with Crippen LogP contribution in [-0.4, -0.2) is 15.9 Å². The summed E-state index contributed by atoms with van der Waals surface area (Å²) in [7, 11) is 0. The Kier molecular flexibility index (Phi) is 3.99. The molecule has 110 valence electrons. The number of hydrogen-bond donors (Lipinski definition) is 2. The normalized spacial score (nSPS) is 11.2. The molecule has 0 fully saturated rings. The summed E-state index contributed by atoms with van der Waals surface area (Å²) in [6.45, 7) is 0. The number of nitrogens with two attached hydrogens (primary N) is 1. The zero-order valence-corrected chi connectivity index (χ0v) is 11.0. The summed E-state index contributed by atoms with van der Waals surface area (Å²) in [5, 5.41) is 2.02. The fourth-order valence-electron chi connectivity index (χ4n) is 1.54. The molecule has 0 saturated heterocycles. The Bertz CT molecular complexity index is 690. The summed E-state index contributed by atoms with van der Waals surface area (Å²) >= 11 is 5.55. The molecule has 0 aliphatic heterocycles. The molecule has 1 aromatic heterocycles. The quantitative estimate of drug-likeness (QED) is 0.892. The molecule has 21 heavy (non-hydrogen) atoms. The highest BCUT2D eigenvalue weighted by Gasteiger charge is 2.34. The van der Waals surface area contributed by atoms with Crippen LogP contribution in [-0.2, 0) is 6.18 Å². The number of nitrogens with one attached hydrogen (secondary N) is 1. The van der Waals surface area contributed by atoms with Crippen LogP contribution < -0.4 is 11.1 Å². The summed E-state index contributed by atoms with van der Waals surface area (Å²) in [6.07, 6.45) is -2.36. The molecule has 3 N–H and O–H groups in total. The SMILES string of the molecule is Nc1cncc(C(=O)Nc2ccc(Cl)cc2C(F)(F)F)n1. The van der Waals surface area contributed by atoms with Crippen LogP contribution in [0.4, 0.5) is 24.7 Å². The molecule has 1 heterocycles. The number of anilines is 2. The summed E-state index contributed by atoms with van der Waals surface area (Å²) < 4.78 is 38.7. The number of carbonyl (C=O) groups is 1. The molecule has 0 aliphatic carbocycles. The van der Waals surface area contributed by atoms with Crippen molar-refractivity contribution in [3.8, 4) is 0 Å². The van der Waals surface area contributed by atoms with Gasteiger partial charge in [-0.25, -0.2) is 4.98 Å². The number of nitrogens with zero attached hydrogens (tertiary/aromatic N) is 2. The first-order valence-corrected chi connectivity index (χ1v) is 5.91. The number of hydrogen-bond acceptors (Lipinski definition) is 4. The van der Waals surface area contributed by atoms with Gasteiger partial charge in [-0.05, 0) is 18.2 Å². The highest BCUT2D eigenvalue weighted by atomic mass is 35.5. The number of nitrogen functional groups attached to an aromatic ring is 1. The van der Waals surface area contributed by atoms with Crippen molar-refractivity contribution in [2.75, 3.05) is 11.1 Å². The molecule has 2 aromatic rings. The minimum absolute atomic E-state index is 0.0187. The fraction of sp³-hybridized carbons (Fsp3) is 0.0833. The number of amides is 1. The average molecular weight is 317 g/mol. The lowest BCUT2D eigenvalue weighted by atomic mass is 10.1. The molecule has 0 saturated carbocycles. The van der Waals surface area contributed by atoms with Crippen LogP contribution >= 0.6 is 11.6 Å². The van der Waals surface area contributed by atoms with Gasteiger partial charge in [0.25, 0.3) is 5.91 Å². The van der Waals surface area contributed by atoms with Crippen LogP contribution in [0.5, 0.6) is 0 Å². The van der Waals surface area contributed by atoms with Gasteiger partial charge in [-0.1, -0.05) is 11.6 Å². The molecular weight excluding hydrogens is 309 g/mol. The van der Waals surface area contributed by atoms with E-state index in [2.05, 4.69) is 15.3 Å². The number of halogens is 4. The lowest BCUT2D eigenvalue weighted by molar-refractivity contribution is -0.136. The largest absolute Gasteiger partial charge is 0.418 e. The van der Waals surface area contributed by atoms with Gasteiger partial charge in [-0.15, -0.1) is 0 Å². The van der Waals surface area contributed by atoms with Crippen molar-refractivity contribution in [3.05, 3.63) is 46.9 Å². The topological polar surface area (TPSA) is 80.9 Å². The molecule has 1 aromatic carbocycles. The first-order chi connectivity index (χ1) is 9.77. The van der Waals surface area contributed by atoms with E-state index in [1.54, 1.807) is 0 Å². The second-order valence-corrected chi connectivity index (χ2v) is 4.41. The van der Waals surface area contributed by atoms with Crippen LogP contribution in [0.25, 0.3) is 0 Å². The van der Waals surface area contributed by atoms with Crippen molar-refractivity contribution in [2.24, 2.45) is 0 Å². The average Bonchev–Trinajstić information content (AvgIpc) is 2.39. The smallest absolute Gasteiger partial charge is 0.382 e. The Morgan fingerprint density at radius 3 is 2.62 bits per heavy atom. The molecule has 0 atom stereocenters. The Morgan fingerprint density at radius 1 is 1.29 bits per heavy atom. The fourth-order valence-corrected chi connectivity index (χ4v) is 1.71. The van der Waals surface area contributed by atoms with Gasteiger partial charge in [0.2, 0.25) is 0 Å². The second-order valence-electron chi connectivity index (χ2n) is 3.97. The number of benzene rings is 1. The van der Waals surface area contributed by atoms with Gasteiger partial charge < -0.3 is 11.1 Å². The van der Waals surface area contributed by atoms with E-state index in [4.69, 9.17) is 17.3 Å². The van der Waals surface area contributed by atoms with Gasteiger partial charge in [0.05, 0.1) is 23.6 Å². The molecule has 2 rings (SSSR count). The number of carbonyl (C=O) groups excluding carboxylic acids is 1. The first kappa shape index (κ1) is 15.0. The Balaban J connectivity index is 2.34. The van der Waals surface area contributed by atoms with Gasteiger partial charge in [0.15, 0.2) is 0 Å². The van der Waals surface area contributed by atoms with Gasteiger partial charge in [0, 0.05) is 5.02 Å². The maximum atomic E-state index is 12.9. The zero-order chi connectivity index (χ0) is 15.6. The van der Waals surface area contributed by atoms with Crippen LogP contribution in [0.1, 0.15) is 16.1 Å². The maximum Gasteiger partial charge on any atom is 0.418 e. The van der Waals surface area contributed by atoms with Crippen molar-refractivity contribution in [2.45, 2.75) is 6.18 Å². The maximum absolute atomic E-state index is 12.9. The van der Waals surface area contributed by atoms with E-state index < -0.39 is 23.3 Å². The summed E-state index contributed by atoms with van der Waals surface area (Å²) in [5.74, 6) is -0.877. The van der Waals surface area contributed by atoms with Crippen LogP contribution in [0, 0.1) is 0 Å². The summed E-state index contributed by atoms with van der Waals surface area (Å²) in [5.41, 5.74) is 3.68. The van der Waals surface area contributed by atoms with Crippen molar-refractivity contribution in [1.29, 1.82) is 0 Å². The lowest BCUT2D eigenvalue weighted by Crippen LogP contribution is -2.18. The highest BCUT2D eigenvalue weighted by Crippen LogP contribution is 2.36. The molecule has 5 nitrogen and oxygen atoms in total. The molecule has 0 aliphatic rings. The Labute approximate surface area is 122 Å². The Morgan fingerprint density at radius 2 is 2.00 bits per heavy atom. The van der Waals surface area contributed by atoms with Crippen molar-refractivity contribution < 1.29 is 18.0 Å². The van der Waals surface area contributed by atoms with Gasteiger partial charge in [0.1, 0.15) is 11.5 Å². The molecular formula is C12H8ClF3N4O. The predicted molar refractivity (Wildman–Crippen MR) is 70.9 cm³/mol. The third-order valence-electron chi connectivity index (χ3n) is 2.42. The highest BCUT2D eigenvalue weighted by molar-refractivity contribution is 6.30. The van der Waals surface area contributed by atoms with Crippen molar-refractivity contribution in [1.82, 2.24) is 9.97 Å². The minimum atomic E-state index is -4.66. The van der Waals surface area contributed by atoms with Gasteiger partial charge >= 0.3 is 6.18 Å². The molecule has 0 unspecified atom stereocenters. The van der Waals surface area contributed by atoms with Crippen molar-refractivity contribution >= 4 is 29.0 Å². The molecule has 1 amide bonds. The van der Waals surface area contributed by atoms with Crippen molar-refractivity contribution in [3.63, 3.8) is 0 Å². The third kappa shape index (κ3) is 3.60. The zero-order valence-electron chi connectivity index (χ0n) is 10.3. The number of alkyl halides is 3. The first-order valence-electron chi connectivity index (χ1n) is 5.53. The summed E-state index contributed by atoms with van der Waals surface area (Å²) in [6, 6.07) is 3.02. The third-order valence-corrected chi connectivity index (χ3v) is 2.66. The van der Waals surface area contributed by atoms with Crippen LogP contribution in [0.2, 0.25) is 5.02 Å². The molecule has 0 spiro atoms. The minimum Gasteiger partial charge on any atom is -0.382 e. The second kappa shape index (κ2) is 5.57.